The Balaban J connectivity index is 2.07. The van der Waals surface area contributed by atoms with Gasteiger partial charge in [0, 0.05) is 11.6 Å². The molecule has 0 fully saturated rings. The number of carbonyl (C=O) groups is 2. The quantitative estimate of drug-likeness (QED) is 0.360. The smallest absolute Gasteiger partial charge is 0.331 e. The van der Waals surface area contributed by atoms with Crippen molar-refractivity contribution in [2.24, 2.45) is 0 Å². The molecular weight excluding hydrogens is 392 g/mol. The predicted molar refractivity (Wildman–Crippen MR) is 114 cm³/mol. The Morgan fingerprint density at radius 2 is 1.66 bits per heavy atom. The number of rotatable bonds is 7. The van der Waals surface area contributed by atoms with E-state index >= 15 is 0 Å². The normalized spacial score (nSPS) is 10.9. The van der Waals surface area contributed by atoms with E-state index in [-0.39, 0.29) is 12.4 Å². The highest BCUT2D eigenvalue weighted by atomic mass is 35.5. The summed E-state index contributed by atoms with van der Waals surface area (Å²) in [6.07, 6.45) is 2.77. The van der Waals surface area contributed by atoms with Crippen molar-refractivity contribution in [1.29, 1.82) is 0 Å². The van der Waals surface area contributed by atoms with Crippen LogP contribution in [0.4, 0.5) is 0 Å². The van der Waals surface area contributed by atoms with Crippen LogP contribution in [0.2, 0.25) is 5.02 Å². The van der Waals surface area contributed by atoms with Gasteiger partial charge in [-0.1, -0.05) is 11.6 Å². The number of hydrogen-bond donors (Lipinski definition) is 0. The molecule has 0 atom stereocenters. The lowest BCUT2D eigenvalue weighted by Gasteiger charge is -2.13. The number of ketones is 1. The molecular formula is C23H25ClO5. The van der Waals surface area contributed by atoms with Gasteiger partial charge in [0.1, 0.15) is 0 Å². The van der Waals surface area contributed by atoms with Gasteiger partial charge in [-0.15, -0.1) is 0 Å². The van der Waals surface area contributed by atoms with E-state index in [1.807, 2.05) is 33.8 Å². The van der Waals surface area contributed by atoms with Gasteiger partial charge in [0.2, 0.25) is 5.78 Å². The molecule has 6 heteroatoms. The lowest BCUT2D eigenvalue weighted by Crippen LogP contribution is -2.15. The number of halogens is 1. The zero-order valence-corrected chi connectivity index (χ0v) is 18.3. The van der Waals surface area contributed by atoms with Crippen molar-refractivity contribution in [3.05, 3.63) is 62.7 Å². The summed E-state index contributed by atoms with van der Waals surface area (Å²) in [5.74, 6) is 0.00871. The van der Waals surface area contributed by atoms with Crippen LogP contribution in [0.1, 0.15) is 38.2 Å². The van der Waals surface area contributed by atoms with Crippen LogP contribution in [0.3, 0.4) is 0 Å². The van der Waals surface area contributed by atoms with Crippen LogP contribution in [0, 0.1) is 27.7 Å². The fraction of sp³-hybridized carbons (Fsp3) is 0.304. The Kier molecular flexibility index (Phi) is 7.46. The van der Waals surface area contributed by atoms with Gasteiger partial charge in [0.15, 0.2) is 18.1 Å². The molecule has 0 aromatic heterocycles. The van der Waals surface area contributed by atoms with Crippen molar-refractivity contribution in [3.8, 4) is 11.5 Å². The minimum atomic E-state index is -0.623. The molecule has 0 aliphatic carbocycles. The minimum absolute atomic E-state index is 0.232. The molecule has 0 aliphatic heterocycles. The number of esters is 1. The summed E-state index contributed by atoms with van der Waals surface area (Å²) < 4.78 is 15.5. The summed E-state index contributed by atoms with van der Waals surface area (Å²) in [7, 11) is 2.99. The summed E-state index contributed by atoms with van der Waals surface area (Å²) in [6.45, 7) is 7.55. The van der Waals surface area contributed by atoms with Gasteiger partial charge in [-0.3, -0.25) is 4.79 Å². The molecule has 0 saturated heterocycles. The summed E-state index contributed by atoms with van der Waals surface area (Å²) in [6, 6.07) is 5.16. The molecule has 0 radical (unpaired) electrons. The lowest BCUT2D eigenvalue weighted by molar-refractivity contribution is -0.136. The standard InChI is InChI=1S/C23H25ClO5/c1-13-9-18(16(4)15(3)14(13)2)20(25)12-29-22(26)8-7-17-10-19(24)23(28-6)21(11-17)27-5/h7-11H,12H2,1-6H3/b8-7+. The van der Waals surface area contributed by atoms with Crippen molar-refractivity contribution in [3.63, 3.8) is 0 Å². The highest BCUT2D eigenvalue weighted by molar-refractivity contribution is 6.32. The molecule has 0 bridgehead atoms. The fourth-order valence-corrected chi connectivity index (χ4v) is 3.26. The molecule has 0 heterocycles. The fourth-order valence-electron chi connectivity index (χ4n) is 2.96. The topological polar surface area (TPSA) is 61.8 Å². The van der Waals surface area contributed by atoms with Crippen LogP contribution >= 0.6 is 11.6 Å². The highest BCUT2D eigenvalue weighted by Crippen LogP contribution is 2.36. The second-order valence-corrected chi connectivity index (χ2v) is 7.13. The zero-order valence-electron chi connectivity index (χ0n) is 17.5. The molecule has 0 N–H and O–H groups in total. The summed E-state index contributed by atoms with van der Waals surface area (Å²) in [5, 5.41) is 0.357. The van der Waals surface area contributed by atoms with Gasteiger partial charge in [0.25, 0.3) is 0 Å². The first-order valence-electron chi connectivity index (χ1n) is 9.06. The number of ether oxygens (including phenoxy) is 3. The van der Waals surface area contributed by atoms with E-state index in [1.165, 1.54) is 26.4 Å². The minimum Gasteiger partial charge on any atom is -0.493 e. The molecule has 0 amide bonds. The largest absolute Gasteiger partial charge is 0.493 e. The van der Waals surface area contributed by atoms with Crippen molar-refractivity contribution >= 4 is 29.4 Å². The maximum absolute atomic E-state index is 12.5. The van der Waals surface area contributed by atoms with E-state index in [9.17, 15) is 9.59 Å². The van der Waals surface area contributed by atoms with Gasteiger partial charge in [0.05, 0.1) is 19.2 Å². The SMILES string of the molecule is COc1cc(/C=C/C(=O)OCC(=O)c2cc(C)c(C)c(C)c2C)cc(Cl)c1OC. The number of aryl methyl sites for hydroxylation is 1. The Bertz CT molecular complexity index is 976. The predicted octanol–water partition coefficient (Wildman–Crippen LogP) is 5.03. The maximum atomic E-state index is 12.5. The molecule has 154 valence electrons. The van der Waals surface area contributed by atoms with Crippen LogP contribution in [-0.4, -0.2) is 32.6 Å². The molecule has 0 saturated carbocycles. The van der Waals surface area contributed by atoms with Crippen LogP contribution in [-0.2, 0) is 9.53 Å². The van der Waals surface area contributed by atoms with Gasteiger partial charge in [-0.2, -0.15) is 0 Å². The molecule has 0 unspecified atom stereocenters. The zero-order chi connectivity index (χ0) is 21.7. The first-order chi connectivity index (χ1) is 13.7. The third-order valence-corrected chi connectivity index (χ3v) is 5.28. The van der Waals surface area contributed by atoms with E-state index in [0.29, 0.717) is 27.6 Å². The number of Topliss-reactive ketones (excluding diaryl/α,β-unsaturated/α-hetero) is 1. The van der Waals surface area contributed by atoms with E-state index < -0.39 is 5.97 Å². The maximum Gasteiger partial charge on any atom is 0.331 e. The molecule has 2 aromatic carbocycles. The number of benzene rings is 2. The molecule has 2 aromatic rings. The van der Waals surface area contributed by atoms with Gasteiger partial charge >= 0.3 is 5.97 Å². The van der Waals surface area contributed by atoms with Crippen molar-refractivity contribution in [2.75, 3.05) is 20.8 Å². The highest BCUT2D eigenvalue weighted by Gasteiger charge is 2.15. The molecule has 0 spiro atoms. The third-order valence-electron chi connectivity index (χ3n) is 5.00. The molecule has 5 nitrogen and oxygen atoms in total. The second-order valence-electron chi connectivity index (χ2n) is 6.72. The Hall–Kier alpha value is -2.79. The van der Waals surface area contributed by atoms with Gasteiger partial charge in [-0.25, -0.2) is 4.79 Å². The molecule has 0 aliphatic rings. The van der Waals surface area contributed by atoms with Crippen LogP contribution in [0.15, 0.2) is 24.3 Å². The van der Waals surface area contributed by atoms with Crippen LogP contribution in [0.5, 0.6) is 11.5 Å². The van der Waals surface area contributed by atoms with Crippen molar-refractivity contribution in [1.82, 2.24) is 0 Å². The number of carbonyl (C=O) groups excluding carboxylic acids is 2. The van der Waals surface area contributed by atoms with E-state index in [0.717, 1.165) is 22.3 Å². The average Bonchev–Trinajstić information content (AvgIpc) is 2.70. The van der Waals surface area contributed by atoms with E-state index in [1.54, 1.807) is 12.1 Å². The monoisotopic (exact) mass is 416 g/mol. The van der Waals surface area contributed by atoms with E-state index in [2.05, 4.69) is 0 Å². The Morgan fingerprint density at radius 3 is 2.28 bits per heavy atom. The Morgan fingerprint density at radius 1 is 0.966 bits per heavy atom. The van der Waals surface area contributed by atoms with Crippen LogP contribution < -0.4 is 9.47 Å². The summed E-state index contributed by atoms with van der Waals surface area (Å²) in [4.78, 5) is 24.5. The van der Waals surface area contributed by atoms with Crippen LogP contribution in [0.25, 0.3) is 6.08 Å². The molecule has 29 heavy (non-hydrogen) atoms. The average molecular weight is 417 g/mol. The number of methoxy groups -OCH3 is 2. The van der Waals surface area contributed by atoms with E-state index in [4.69, 9.17) is 25.8 Å². The first kappa shape index (κ1) is 22.5. The van der Waals surface area contributed by atoms with Gasteiger partial charge < -0.3 is 14.2 Å². The van der Waals surface area contributed by atoms with Crippen molar-refractivity contribution < 1.29 is 23.8 Å². The summed E-state index contributed by atoms with van der Waals surface area (Å²) in [5.41, 5.74) is 5.39. The second kappa shape index (κ2) is 9.61. The summed E-state index contributed by atoms with van der Waals surface area (Å²) >= 11 is 6.15. The number of hydrogen-bond acceptors (Lipinski definition) is 5. The Labute approximate surface area is 176 Å². The van der Waals surface area contributed by atoms with Crippen molar-refractivity contribution in [2.45, 2.75) is 27.7 Å². The third kappa shape index (κ3) is 5.18. The lowest BCUT2D eigenvalue weighted by atomic mass is 9.93. The van der Waals surface area contributed by atoms with Gasteiger partial charge in [-0.05, 0) is 79.8 Å². The molecule has 2 rings (SSSR count). The first-order valence-corrected chi connectivity index (χ1v) is 9.44.